The number of phenolic OH excluding ortho intramolecular Hbond substituents is 2. The van der Waals surface area contributed by atoms with Crippen molar-refractivity contribution in [3.63, 3.8) is 0 Å². The molecule has 1 aromatic carbocycles. The number of aromatic hydroxyl groups is 2. The van der Waals surface area contributed by atoms with Gasteiger partial charge in [-0.15, -0.1) is 0 Å². The van der Waals surface area contributed by atoms with Crippen LogP contribution in [0.1, 0.15) is 25.0 Å². The van der Waals surface area contributed by atoms with Gasteiger partial charge in [0.2, 0.25) is 0 Å². The Morgan fingerprint density at radius 2 is 1.88 bits per heavy atom. The lowest BCUT2D eigenvalue weighted by Gasteiger charge is -2.26. The van der Waals surface area contributed by atoms with Crippen LogP contribution in [0.5, 0.6) is 11.5 Å². The van der Waals surface area contributed by atoms with Crippen molar-refractivity contribution in [3.8, 4) is 17.6 Å². The van der Waals surface area contributed by atoms with Gasteiger partial charge in [-0.3, -0.25) is 9.78 Å². The van der Waals surface area contributed by atoms with Crippen LogP contribution >= 0.6 is 0 Å². The number of aromatic nitrogens is 1. The Hall–Kier alpha value is -3.33. The van der Waals surface area contributed by atoms with Gasteiger partial charge in [-0.25, -0.2) is 0 Å². The molecule has 0 fully saturated rings. The minimum Gasteiger partial charge on any atom is -0.504 e. The highest BCUT2D eigenvalue weighted by atomic mass is 16.3. The predicted octanol–water partition coefficient (Wildman–Crippen LogP) is 2.45. The smallest absolute Gasteiger partial charge is 0.262 e. The lowest BCUT2D eigenvalue weighted by Crippen LogP contribution is -2.41. The van der Waals surface area contributed by atoms with Gasteiger partial charge in [0, 0.05) is 12.4 Å². The second-order valence-corrected chi connectivity index (χ2v) is 5.73. The van der Waals surface area contributed by atoms with E-state index in [0.717, 1.165) is 5.56 Å². The predicted molar refractivity (Wildman–Crippen MR) is 88.8 cm³/mol. The number of phenols is 2. The molecule has 0 atom stereocenters. The molecule has 2 aromatic rings. The zero-order valence-electron chi connectivity index (χ0n) is 13.3. The van der Waals surface area contributed by atoms with Gasteiger partial charge in [0.1, 0.15) is 11.6 Å². The number of hydrogen-bond donors (Lipinski definition) is 3. The molecule has 0 aliphatic heterocycles. The van der Waals surface area contributed by atoms with Gasteiger partial charge in [0.15, 0.2) is 11.5 Å². The van der Waals surface area contributed by atoms with Crippen molar-refractivity contribution in [2.75, 3.05) is 0 Å². The molecule has 0 spiro atoms. The van der Waals surface area contributed by atoms with Crippen LogP contribution in [0.2, 0.25) is 0 Å². The largest absolute Gasteiger partial charge is 0.504 e. The van der Waals surface area contributed by atoms with Crippen molar-refractivity contribution in [3.05, 3.63) is 59.4 Å². The molecule has 0 unspecified atom stereocenters. The lowest BCUT2D eigenvalue weighted by molar-refractivity contribution is -0.118. The highest BCUT2D eigenvalue weighted by molar-refractivity contribution is 6.02. The van der Waals surface area contributed by atoms with Gasteiger partial charge in [-0.1, -0.05) is 6.07 Å². The first kappa shape index (κ1) is 17.0. The standard InChI is InChI=1S/C18H17N3O3/c1-18(2,14-5-7-20-8-6-14)21-17(24)13(11-19)9-12-3-4-15(22)16(23)10-12/h3-10,22-23H,1-2H3,(H,21,24)/b13-9+. The average Bonchev–Trinajstić information content (AvgIpc) is 2.56. The average molecular weight is 323 g/mol. The molecule has 1 aromatic heterocycles. The number of nitrogens with one attached hydrogen (secondary N) is 1. The third kappa shape index (κ3) is 3.90. The summed E-state index contributed by atoms with van der Waals surface area (Å²) in [6, 6.07) is 9.47. The van der Waals surface area contributed by atoms with Crippen LogP contribution in [0.3, 0.4) is 0 Å². The van der Waals surface area contributed by atoms with Crippen molar-refractivity contribution in [2.45, 2.75) is 19.4 Å². The summed E-state index contributed by atoms with van der Waals surface area (Å²) >= 11 is 0. The van der Waals surface area contributed by atoms with E-state index in [1.165, 1.54) is 24.3 Å². The van der Waals surface area contributed by atoms with Crippen LogP contribution in [0.4, 0.5) is 0 Å². The molecule has 122 valence electrons. The van der Waals surface area contributed by atoms with Gasteiger partial charge in [0.25, 0.3) is 5.91 Å². The number of carbonyl (C=O) groups excluding carboxylic acids is 1. The first-order valence-corrected chi connectivity index (χ1v) is 7.20. The molecule has 6 heteroatoms. The Morgan fingerprint density at radius 3 is 2.46 bits per heavy atom. The molecular weight excluding hydrogens is 306 g/mol. The summed E-state index contributed by atoms with van der Waals surface area (Å²) in [5.41, 5.74) is 0.485. The summed E-state index contributed by atoms with van der Waals surface area (Å²) in [6.07, 6.45) is 4.60. The Kier molecular flexibility index (Phi) is 4.85. The molecule has 0 bridgehead atoms. The first-order valence-electron chi connectivity index (χ1n) is 7.20. The molecule has 3 N–H and O–H groups in total. The van der Waals surface area contributed by atoms with Gasteiger partial charge < -0.3 is 15.5 Å². The molecule has 0 radical (unpaired) electrons. The fourth-order valence-corrected chi connectivity index (χ4v) is 2.14. The fourth-order valence-electron chi connectivity index (χ4n) is 2.14. The zero-order valence-corrected chi connectivity index (χ0v) is 13.3. The number of amides is 1. The number of benzene rings is 1. The summed E-state index contributed by atoms with van der Waals surface area (Å²) in [5.74, 6) is -1.13. The van der Waals surface area contributed by atoms with E-state index in [1.807, 2.05) is 19.9 Å². The van der Waals surface area contributed by atoms with Crippen LogP contribution in [0, 0.1) is 11.3 Å². The van der Waals surface area contributed by atoms with Gasteiger partial charge >= 0.3 is 0 Å². The third-order valence-electron chi connectivity index (χ3n) is 3.50. The fraction of sp³-hybridized carbons (Fsp3) is 0.167. The quantitative estimate of drug-likeness (QED) is 0.455. The van der Waals surface area contributed by atoms with E-state index < -0.39 is 11.4 Å². The summed E-state index contributed by atoms with van der Waals surface area (Å²) in [7, 11) is 0. The minimum absolute atomic E-state index is 0.109. The summed E-state index contributed by atoms with van der Waals surface area (Å²) in [5, 5.41) is 30.8. The van der Waals surface area contributed by atoms with E-state index in [2.05, 4.69) is 10.3 Å². The number of nitrogens with zero attached hydrogens (tertiary/aromatic N) is 2. The number of nitriles is 1. The first-order chi connectivity index (χ1) is 11.3. The molecule has 24 heavy (non-hydrogen) atoms. The Labute approximate surface area is 139 Å². The monoisotopic (exact) mass is 323 g/mol. The van der Waals surface area contributed by atoms with Crippen LogP contribution in [-0.2, 0) is 10.3 Å². The van der Waals surface area contributed by atoms with Crippen molar-refractivity contribution in [2.24, 2.45) is 0 Å². The van der Waals surface area contributed by atoms with E-state index in [0.29, 0.717) is 5.56 Å². The Balaban J connectivity index is 2.24. The maximum absolute atomic E-state index is 12.4. The summed E-state index contributed by atoms with van der Waals surface area (Å²) in [6.45, 7) is 3.64. The normalized spacial score (nSPS) is 11.6. The topological polar surface area (TPSA) is 106 Å². The van der Waals surface area contributed by atoms with E-state index in [9.17, 15) is 20.3 Å². The van der Waals surface area contributed by atoms with Crippen molar-refractivity contribution in [1.82, 2.24) is 10.3 Å². The molecule has 1 amide bonds. The number of carbonyl (C=O) groups is 1. The Morgan fingerprint density at radius 1 is 1.21 bits per heavy atom. The number of rotatable bonds is 4. The second kappa shape index (κ2) is 6.84. The summed E-state index contributed by atoms with van der Waals surface area (Å²) in [4.78, 5) is 16.3. The van der Waals surface area contributed by atoms with E-state index in [-0.39, 0.29) is 17.1 Å². The SMILES string of the molecule is CC(C)(NC(=O)/C(C#N)=C/c1ccc(O)c(O)c1)c1ccncc1. The van der Waals surface area contributed by atoms with Gasteiger partial charge in [-0.05, 0) is 55.3 Å². The van der Waals surface area contributed by atoms with Gasteiger partial charge in [-0.2, -0.15) is 5.26 Å². The maximum Gasteiger partial charge on any atom is 0.262 e. The third-order valence-corrected chi connectivity index (χ3v) is 3.50. The van der Waals surface area contributed by atoms with E-state index in [1.54, 1.807) is 24.5 Å². The van der Waals surface area contributed by atoms with E-state index in [4.69, 9.17) is 0 Å². The van der Waals surface area contributed by atoms with Crippen molar-refractivity contribution < 1.29 is 15.0 Å². The second-order valence-electron chi connectivity index (χ2n) is 5.73. The molecule has 0 saturated heterocycles. The maximum atomic E-state index is 12.4. The highest BCUT2D eigenvalue weighted by Crippen LogP contribution is 2.26. The van der Waals surface area contributed by atoms with Crippen molar-refractivity contribution >= 4 is 12.0 Å². The molecule has 0 aliphatic rings. The zero-order chi connectivity index (χ0) is 17.7. The van der Waals surface area contributed by atoms with Gasteiger partial charge in [0.05, 0.1) is 5.54 Å². The van der Waals surface area contributed by atoms with Crippen molar-refractivity contribution in [1.29, 1.82) is 5.26 Å². The molecule has 1 heterocycles. The van der Waals surface area contributed by atoms with Crippen LogP contribution < -0.4 is 5.32 Å². The summed E-state index contributed by atoms with van der Waals surface area (Å²) < 4.78 is 0. The van der Waals surface area contributed by atoms with Crippen LogP contribution in [0.25, 0.3) is 6.08 Å². The van der Waals surface area contributed by atoms with E-state index >= 15 is 0 Å². The lowest BCUT2D eigenvalue weighted by atomic mass is 9.95. The highest BCUT2D eigenvalue weighted by Gasteiger charge is 2.24. The minimum atomic E-state index is -0.687. The molecule has 0 saturated carbocycles. The number of hydrogen-bond acceptors (Lipinski definition) is 5. The molecule has 0 aliphatic carbocycles. The number of pyridine rings is 1. The van der Waals surface area contributed by atoms with Crippen LogP contribution in [0.15, 0.2) is 48.3 Å². The Bertz CT molecular complexity index is 821. The molecular formula is C18H17N3O3. The van der Waals surface area contributed by atoms with Crippen LogP contribution in [-0.4, -0.2) is 21.1 Å². The molecule has 2 rings (SSSR count). The molecule has 6 nitrogen and oxygen atoms in total.